The summed E-state index contributed by atoms with van der Waals surface area (Å²) in [7, 11) is -3.40. The Labute approximate surface area is 158 Å². The summed E-state index contributed by atoms with van der Waals surface area (Å²) in [4.78, 5) is 24.8. The molecule has 1 atom stereocenters. The average Bonchev–Trinajstić information content (AvgIpc) is 2.61. The van der Waals surface area contributed by atoms with Crippen molar-refractivity contribution in [1.82, 2.24) is 0 Å². The Balaban J connectivity index is 2.08. The molecule has 1 unspecified atom stereocenters. The van der Waals surface area contributed by atoms with Crippen molar-refractivity contribution in [3.8, 4) is 5.75 Å². The van der Waals surface area contributed by atoms with Gasteiger partial charge in [0.2, 0.25) is 15.8 Å². The fourth-order valence-corrected chi connectivity index (χ4v) is 2.91. The molecule has 1 N–H and O–H groups in total. The predicted molar refractivity (Wildman–Crippen MR) is 102 cm³/mol. The van der Waals surface area contributed by atoms with Crippen molar-refractivity contribution in [3.05, 3.63) is 59.7 Å². The van der Waals surface area contributed by atoms with Crippen molar-refractivity contribution >= 4 is 27.5 Å². The maximum Gasteiger partial charge on any atom is 0.342 e. The number of hydrogen-bond donors (Lipinski definition) is 1. The van der Waals surface area contributed by atoms with Crippen molar-refractivity contribution < 1.29 is 27.5 Å². The molecule has 0 saturated carbocycles. The summed E-state index contributed by atoms with van der Waals surface area (Å²) in [6, 6.07) is 12.5. The van der Waals surface area contributed by atoms with Gasteiger partial charge in [-0.2, -0.15) is 0 Å². The van der Waals surface area contributed by atoms with E-state index >= 15 is 0 Å². The van der Waals surface area contributed by atoms with Gasteiger partial charge < -0.3 is 9.47 Å². The molecule has 0 aliphatic carbocycles. The summed E-state index contributed by atoms with van der Waals surface area (Å²) in [5, 5.41) is 0. The lowest BCUT2D eigenvalue weighted by molar-refractivity contribution is 0.0315. The molecule has 0 heterocycles. The number of ketones is 1. The number of sulfonamides is 1. The second kappa shape index (κ2) is 8.68. The van der Waals surface area contributed by atoms with E-state index in [1.165, 1.54) is 31.2 Å². The highest BCUT2D eigenvalue weighted by molar-refractivity contribution is 7.92. The molecule has 0 spiro atoms. The molecule has 2 aromatic carbocycles. The summed E-state index contributed by atoms with van der Waals surface area (Å²) in [5.74, 6) is -0.667. The molecule has 144 valence electrons. The summed E-state index contributed by atoms with van der Waals surface area (Å²) in [6.07, 6.45) is 0.0223. The van der Waals surface area contributed by atoms with Gasteiger partial charge in [0.1, 0.15) is 11.3 Å². The van der Waals surface area contributed by atoms with Crippen LogP contribution in [0.25, 0.3) is 0 Å². The molecule has 2 aromatic rings. The first-order chi connectivity index (χ1) is 12.7. The average molecular weight is 391 g/mol. The molecule has 0 fully saturated rings. The van der Waals surface area contributed by atoms with Crippen molar-refractivity contribution in [2.75, 3.05) is 17.6 Å². The summed E-state index contributed by atoms with van der Waals surface area (Å²) in [5.41, 5.74) is 0.878. The number of carbonyl (C=O) groups is 2. The summed E-state index contributed by atoms with van der Waals surface area (Å²) >= 11 is 0. The van der Waals surface area contributed by atoms with Gasteiger partial charge in [0.05, 0.1) is 12.9 Å². The van der Waals surface area contributed by atoms with Gasteiger partial charge in [-0.15, -0.1) is 0 Å². The largest absolute Gasteiger partial charge is 0.493 e. The third-order valence-electron chi connectivity index (χ3n) is 3.53. The number of anilines is 1. The molecule has 2 rings (SSSR count). The second-order valence-electron chi connectivity index (χ2n) is 5.79. The van der Waals surface area contributed by atoms with E-state index in [0.29, 0.717) is 23.6 Å². The Morgan fingerprint density at radius 2 is 1.70 bits per heavy atom. The number of hydrogen-bond acceptors (Lipinski definition) is 6. The second-order valence-corrected chi connectivity index (χ2v) is 7.54. The highest BCUT2D eigenvalue weighted by Gasteiger charge is 2.22. The molecular formula is C19H21NO6S. The third kappa shape index (κ3) is 5.82. The minimum atomic E-state index is -3.40. The van der Waals surface area contributed by atoms with E-state index in [-0.39, 0.29) is 5.56 Å². The van der Waals surface area contributed by atoms with Gasteiger partial charge in [-0.1, -0.05) is 12.1 Å². The van der Waals surface area contributed by atoms with Crippen LogP contribution in [0.1, 0.15) is 34.6 Å². The molecule has 0 bridgehead atoms. The number of para-hydroxylation sites is 1. The molecule has 0 aliphatic heterocycles. The number of Topliss-reactive ketones (excluding diaryl/α,β-unsaturated/α-hetero) is 1. The van der Waals surface area contributed by atoms with E-state index in [9.17, 15) is 18.0 Å². The first-order valence-corrected chi connectivity index (χ1v) is 10.1. The van der Waals surface area contributed by atoms with Crippen LogP contribution in [0.15, 0.2) is 48.5 Å². The van der Waals surface area contributed by atoms with Crippen LogP contribution in [0, 0.1) is 0 Å². The highest BCUT2D eigenvalue weighted by atomic mass is 32.2. The highest BCUT2D eigenvalue weighted by Crippen LogP contribution is 2.20. The van der Waals surface area contributed by atoms with Gasteiger partial charge in [0.15, 0.2) is 6.10 Å². The molecule has 0 aliphatic rings. The van der Waals surface area contributed by atoms with E-state index in [1.54, 1.807) is 31.2 Å². The van der Waals surface area contributed by atoms with Gasteiger partial charge in [0.25, 0.3) is 0 Å². The van der Waals surface area contributed by atoms with Gasteiger partial charge in [0, 0.05) is 11.3 Å². The number of rotatable bonds is 8. The fraction of sp³-hybridized carbons (Fsp3) is 0.263. The summed E-state index contributed by atoms with van der Waals surface area (Å²) in [6.45, 7) is 3.68. The fourth-order valence-electron chi connectivity index (χ4n) is 2.35. The lowest BCUT2D eigenvalue weighted by Gasteiger charge is -2.14. The van der Waals surface area contributed by atoms with Crippen LogP contribution in [0.5, 0.6) is 5.75 Å². The molecule has 0 radical (unpaired) electrons. The standard InChI is InChI=1S/C19H21NO6S/c1-4-25-17-8-6-5-7-16(17)19(22)26-13(2)18(21)14-9-11-15(12-10-14)20-27(3,23)24/h5-13,20H,4H2,1-3H3. The lowest BCUT2D eigenvalue weighted by Crippen LogP contribution is -2.24. The van der Waals surface area contributed by atoms with Crippen LogP contribution in [0.4, 0.5) is 5.69 Å². The van der Waals surface area contributed by atoms with Crippen LogP contribution < -0.4 is 9.46 Å². The van der Waals surface area contributed by atoms with E-state index in [4.69, 9.17) is 9.47 Å². The lowest BCUT2D eigenvalue weighted by atomic mass is 10.1. The number of benzene rings is 2. The third-order valence-corrected chi connectivity index (χ3v) is 4.14. The number of carbonyl (C=O) groups excluding carboxylic acids is 2. The molecular weight excluding hydrogens is 370 g/mol. The van der Waals surface area contributed by atoms with Crippen molar-refractivity contribution in [3.63, 3.8) is 0 Å². The van der Waals surface area contributed by atoms with Crippen molar-refractivity contribution in [2.24, 2.45) is 0 Å². The predicted octanol–water partition coefficient (Wildman–Crippen LogP) is 2.89. The zero-order chi connectivity index (χ0) is 20.0. The van der Waals surface area contributed by atoms with Gasteiger partial charge in [-0.3, -0.25) is 9.52 Å². The molecule has 0 aromatic heterocycles. The van der Waals surface area contributed by atoms with Crippen molar-refractivity contribution in [1.29, 1.82) is 0 Å². The Kier molecular flexibility index (Phi) is 6.57. The maximum atomic E-state index is 12.5. The number of ether oxygens (including phenoxy) is 2. The van der Waals surface area contributed by atoms with Gasteiger partial charge in [-0.05, 0) is 50.2 Å². The Morgan fingerprint density at radius 3 is 2.30 bits per heavy atom. The van der Waals surface area contributed by atoms with Gasteiger partial charge >= 0.3 is 5.97 Å². The number of esters is 1. The molecule has 27 heavy (non-hydrogen) atoms. The van der Waals surface area contributed by atoms with Crippen LogP contribution in [-0.2, 0) is 14.8 Å². The Bertz CT molecular complexity index is 921. The zero-order valence-electron chi connectivity index (χ0n) is 15.3. The zero-order valence-corrected chi connectivity index (χ0v) is 16.1. The first-order valence-electron chi connectivity index (χ1n) is 8.26. The Morgan fingerprint density at radius 1 is 1.07 bits per heavy atom. The van der Waals surface area contributed by atoms with E-state index in [0.717, 1.165) is 6.26 Å². The molecule has 8 heteroatoms. The normalized spacial score (nSPS) is 12.1. The van der Waals surface area contributed by atoms with Crippen LogP contribution in [-0.4, -0.2) is 39.1 Å². The minimum absolute atomic E-state index is 0.242. The van der Waals surface area contributed by atoms with E-state index in [1.807, 2.05) is 0 Å². The van der Waals surface area contributed by atoms with E-state index in [2.05, 4.69) is 4.72 Å². The SMILES string of the molecule is CCOc1ccccc1C(=O)OC(C)C(=O)c1ccc(NS(C)(=O)=O)cc1. The smallest absolute Gasteiger partial charge is 0.342 e. The number of nitrogens with one attached hydrogen (secondary N) is 1. The van der Waals surface area contributed by atoms with Crippen LogP contribution in [0.3, 0.4) is 0 Å². The maximum absolute atomic E-state index is 12.5. The topological polar surface area (TPSA) is 98.8 Å². The Hall–Kier alpha value is -2.87. The summed E-state index contributed by atoms with van der Waals surface area (Å²) < 4.78 is 35.4. The molecule has 0 amide bonds. The first kappa shape index (κ1) is 20.4. The van der Waals surface area contributed by atoms with Crippen molar-refractivity contribution in [2.45, 2.75) is 20.0 Å². The molecule has 7 nitrogen and oxygen atoms in total. The van der Waals surface area contributed by atoms with E-state index < -0.39 is 27.9 Å². The molecule has 0 saturated heterocycles. The minimum Gasteiger partial charge on any atom is -0.493 e. The monoisotopic (exact) mass is 391 g/mol. The van der Waals surface area contributed by atoms with Gasteiger partial charge in [-0.25, -0.2) is 13.2 Å². The van der Waals surface area contributed by atoms with Crippen LogP contribution in [0.2, 0.25) is 0 Å². The quantitative estimate of drug-likeness (QED) is 0.549. The van der Waals surface area contributed by atoms with Crippen LogP contribution >= 0.6 is 0 Å².